The summed E-state index contributed by atoms with van der Waals surface area (Å²) >= 11 is 0. The number of carbonyl (C=O) groups is 1. The molecule has 0 saturated carbocycles. The fraction of sp³-hybridized carbons (Fsp3) is 0.407. The van der Waals surface area contributed by atoms with Crippen LogP contribution in [0.15, 0.2) is 47.3 Å². The van der Waals surface area contributed by atoms with Crippen molar-refractivity contribution in [2.75, 3.05) is 5.32 Å². The van der Waals surface area contributed by atoms with Crippen LogP contribution in [0.3, 0.4) is 0 Å². The summed E-state index contributed by atoms with van der Waals surface area (Å²) in [5, 5.41) is 14.2. The molecule has 0 unspecified atom stereocenters. The van der Waals surface area contributed by atoms with Gasteiger partial charge in [-0.15, -0.1) is 0 Å². The maximum absolute atomic E-state index is 13.3. The number of carbonyl (C=O) groups excluding carboxylic acids is 1. The molecule has 170 valence electrons. The van der Waals surface area contributed by atoms with Gasteiger partial charge >= 0.3 is 0 Å². The van der Waals surface area contributed by atoms with Crippen molar-refractivity contribution in [1.82, 2.24) is 4.57 Å². The number of unbranched alkanes of at least 4 members (excludes halogenated alkanes) is 6. The Bertz CT molecular complexity index is 1150. The number of rotatable bonds is 10. The van der Waals surface area contributed by atoms with E-state index in [0.29, 0.717) is 23.1 Å². The average Bonchev–Trinajstić information content (AvgIpc) is 2.77. The van der Waals surface area contributed by atoms with Gasteiger partial charge in [-0.3, -0.25) is 9.59 Å². The Hall–Kier alpha value is -3.08. The van der Waals surface area contributed by atoms with E-state index in [1.807, 2.05) is 44.2 Å². The lowest BCUT2D eigenvalue weighted by Crippen LogP contribution is -2.30. The van der Waals surface area contributed by atoms with Crippen molar-refractivity contribution in [1.29, 1.82) is 0 Å². The van der Waals surface area contributed by atoms with Crippen LogP contribution in [0.1, 0.15) is 73.4 Å². The quantitative estimate of drug-likeness (QED) is 0.366. The predicted molar refractivity (Wildman–Crippen MR) is 132 cm³/mol. The zero-order valence-electron chi connectivity index (χ0n) is 19.4. The van der Waals surface area contributed by atoms with E-state index in [-0.39, 0.29) is 11.3 Å². The van der Waals surface area contributed by atoms with Gasteiger partial charge in [-0.2, -0.15) is 0 Å². The van der Waals surface area contributed by atoms with Crippen LogP contribution in [0.4, 0.5) is 5.69 Å². The lowest BCUT2D eigenvalue weighted by atomic mass is 10.1. The van der Waals surface area contributed by atoms with Crippen LogP contribution in [0, 0.1) is 13.8 Å². The number of aromatic nitrogens is 1. The number of para-hydroxylation sites is 1. The maximum Gasteiger partial charge on any atom is 0.267 e. The van der Waals surface area contributed by atoms with Gasteiger partial charge in [0.25, 0.3) is 11.5 Å². The van der Waals surface area contributed by atoms with Crippen molar-refractivity contribution in [2.45, 2.75) is 72.3 Å². The monoisotopic (exact) mass is 434 g/mol. The molecule has 2 aromatic carbocycles. The van der Waals surface area contributed by atoms with Crippen LogP contribution < -0.4 is 10.9 Å². The second-order valence-corrected chi connectivity index (χ2v) is 8.59. The molecule has 0 aliphatic carbocycles. The van der Waals surface area contributed by atoms with Crippen molar-refractivity contribution in [3.05, 3.63) is 69.5 Å². The number of fused-ring (bicyclic) bond motifs is 1. The molecule has 3 aromatic rings. The van der Waals surface area contributed by atoms with Crippen molar-refractivity contribution in [3.63, 3.8) is 0 Å². The summed E-state index contributed by atoms with van der Waals surface area (Å²) in [6, 6.07) is 13.0. The summed E-state index contributed by atoms with van der Waals surface area (Å²) in [6.07, 6.45) is 7.99. The normalized spacial score (nSPS) is 11.1. The number of pyridine rings is 1. The molecule has 0 spiro atoms. The van der Waals surface area contributed by atoms with Crippen LogP contribution in [0.2, 0.25) is 0 Å². The van der Waals surface area contributed by atoms with Gasteiger partial charge < -0.3 is 15.0 Å². The minimum Gasteiger partial charge on any atom is -0.506 e. The third-order valence-corrected chi connectivity index (χ3v) is 6.00. The molecule has 0 atom stereocenters. The van der Waals surface area contributed by atoms with E-state index in [1.54, 1.807) is 16.7 Å². The van der Waals surface area contributed by atoms with Crippen LogP contribution >= 0.6 is 0 Å². The number of anilines is 1. The average molecular weight is 435 g/mol. The molecule has 0 fully saturated rings. The molecule has 0 bridgehead atoms. The summed E-state index contributed by atoms with van der Waals surface area (Å²) in [6.45, 7) is 6.57. The molecule has 3 rings (SSSR count). The number of hydrogen-bond donors (Lipinski definition) is 2. The molecule has 1 aromatic heterocycles. The predicted octanol–water partition coefficient (Wildman–Crippen LogP) is 6.33. The number of aryl methyl sites for hydroxylation is 3. The minimum atomic E-state index is -0.583. The standard InChI is InChI=1S/C27H34N2O3/c1-4-5-6-7-8-9-12-17-29-23-14-11-10-13-21(23)25(30)24(27(29)32)26(31)28-22-18-19(2)15-16-20(22)3/h10-11,13-16,18,30H,4-9,12,17H2,1-3H3,(H,28,31). The zero-order chi connectivity index (χ0) is 23.1. The van der Waals surface area contributed by atoms with E-state index in [2.05, 4.69) is 12.2 Å². The Morgan fingerprint density at radius 2 is 1.66 bits per heavy atom. The van der Waals surface area contributed by atoms with Crippen molar-refractivity contribution < 1.29 is 9.90 Å². The first kappa shape index (κ1) is 23.6. The van der Waals surface area contributed by atoms with Crippen molar-refractivity contribution in [3.8, 4) is 5.75 Å². The molecule has 1 heterocycles. The summed E-state index contributed by atoms with van der Waals surface area (Å²) in [5.41, 5.74) is 2.55. The van der Waals surface area contributed by atoms with Gasteiger partial charge in [-0.25, -0.2) is 0 Å². The van der Waals surface area contributed by atoms with Gasteiger partial charge in [0, 0.05) is 17.6 Å². The SMILES string of the molecule is CCCCCCCCCn1c(=O)c(C(=O)Nc2cc(C)ccc2C)c(O)c2ccccc21. The molecule has 32 heavy (non-hydrogen) atoms. The van der Waals surface area contributed by atoms with E-state index in [1.165, 1.54) is 25.7 Å². The molecule has 0 radical (unpaired) electrons. The van der Waals surface area contributed by atoms with Gasteiger partial charge in [0.1, 0.15) is 11.3 Å². The largest absolute Gasteiger partial charge is 0.506 e. The molecule has 0 aliphatic heterocycles. The second kappa shape index (κ2) is 11.0. The topological polar surface area (TPSA) is 71.3 Å². The lowest BCUT2D eigenvalue weighted by molar-refractivity contribution is 0.102. The van der Waals surface area contributed by atoms with E-state index < -0.39 is 11.5 Å². The molecule has 5 heteroatoms. The molecular weight excluding hydrogens is 400 g/mol. The van der Waals surface area contributed by atoms with Gasteiger partial charge in [0.05, 0.1) is 5.52 Å². The zero-order valence-corrected chi connectivity index (χ0v) is 19.4. The van der Waals surface area contributed by atoms with E-state index in [4.69, 9.17) is 0 Å². The Labute approximate surface area is 190 Å². The molecule has 5 nitrogen and oxygen atoms in total. The number of nitrogens with one attached hydrogen (secondary N) is 1. The Morgan fingerprint density at radius 1 is 0.969 bits per heavy atom. The third-order valence-electron chi connectivity index (χ3n) is 6.00. The summed E-state index contributed by atoms with van der Waals surface area (Å²) in [7, 11) is 0. The van der Waals surface area contributed by atoms with Gasteiger partial charge in [-0.05, 0) is 49.6 Å². The lowest BCUT2D eigenvalue weighted by Gasteiger charge is -2.16. The highest BCUT2D eigenvalue weighted by Gasteiger charge is 2.22. The van der Waals surface area contributed by atoms with Crippen LogP contribution in [-0.2, 0) is 6.54 Å². The summed E-state index contributed by atoms with van der Waals surface area (Å²) < 4.78 is 1.64. The number of nitrogens with zero attached hydrogens (tertiary/aromatic N) is 1. The van der Waals surface area contributed by atoms with Gasteiger partial charge in [0.2, 0.25) is 0 Å². The first-order chi connectivity index (χ1) is 15.4. The highest BCUT2D eigenvalue weighted by atomic mass is 16.3. The van der Waals surface area contributed by atoms with Gasteiger partial charge in [0.15, 0.2) is 0 Å². The first-order valence-corrected chi connectivity index (χ1v) is 11.7. The molecule has 1 amide bonds. The molecule has 0 aliphatic rings. The van der Waals surface area contributed by atoms with Crippen LogP contribution in [0.25, 0.3) is 10.9 Å². The summed E-state index contributed by atoms with van der Waals surface area (Å²) in [5.74, 6) is -0.843. The van der Waals surface area contributed by atoms with E-state index in [0.717, 1.165) is 30.4 Å². The second-order valence-electron chi connectivity index (χ2n) is 8.59. The van der Waals surface area contributed by atoms with Crippen LogP contribution in [0.5, 0.6) is 5.75 Å². The number of amides is 1. The maximum atomic E-state index is 13.3. The minimum absolute atomic E-state index is 0.201. The number of aromatic hydroxyl groups is 1. The highest BCUT2D eigenvalue weighted by molar-refractivity contribution is 6.09. The van der Waals surface area contributed by atoms with Crippen molar-refractivity contribution >= 4 is 22.5 Å². The summed E-state index contributed by atoms with van der Waals surface area (Å²) in [4.78, 5) is 26.4. The molecular formula is C27H34N2O3. The van der Waals surface area contributed by atoms with E-state index >= 15 is 0 Å². The fourth-order valence-corrected chi connectivity index (χ4v) is 4.10. The number of benzene rings is 2. The van der Waals surface area contributed by atoms with Crippen molar-refractivity contribution in [2.24, 2.45) is 0 Å². The number of hydrogen-bond acceptors (Lipinski definition) is 3. The fourth-order valence-electron chi connectivity index (χ4n) is 4.10. The van der Waals surface area contributed by atoms with Gasteiger partial charge in [-0.1, -0.05) is 69.7 Å². The smallest absolute Gasteiger partial charge is 0.267 e. The molecule has 2 N–H and O–H groups in total. The molecule has 0 saturated heterocycles. The Kier molecular flexibility index (Phi) is 8.09. The Balaban J connectivity index is 1.89. The van der Waals surface area contributed by atoms with Crippen LogP contribution in [-0.4, -0.2) is 15.6 Å². The first-order valence-electron chi connectivity index (χ1n) is 11.7. The Morgan fingerprint density at radius 3 is 2.41 bits per heavy atom. The highest BCUT2D eigenvalue weighted by Crippen LogP contribution is 2.28. The third kappa shape index (κ3) is 5.39. The van der Waals surface area contributed by atoms with E-state index in [9.17, 15) is 14.7 Å².